The van der Waals surface area contributed by atoms with Crippen LogP contribution in [-0.2, 0) is 4.79 Å². The zero-order chi connectivity index (χ0) is 31.1. The SMILES string of the molecule is CCCC/C=C/CC/C=C/CC/C=C/CCCC(O)C(O)C(CO)NC(=O)C(O)CCCCCCCCCCCCC. The van der Waals surface area contributed by atoms with Crippen molar-refractivity contribution < 1.29 is 25.2 Å². The molecule has 0 rings (SSSR count). The number of carbonyl (C=O) groups is 1. The van der Waals surface area contributed by atoms with Gasteiger partial charge in [0.25, 0.3) is 0 Å². The molecule has 0 saturated heterocycles. The molecule has 0 aromatic heterocycles. The summed E-state index contributed by atoms with van der Waals surface area (Å²) in [6.07, 6.45) is 33.0. The second-order valence-electron chi connectivity index (χ2n) is 11.8. The van der Waals surface area contributed by atoms with Gasteiger partial charge < -0.3 is 25.7 Å². The van der Waals surface area contributed by atoms with E-state index in [1.165, 1.54) is 70.6 Å². The van der Waals surface area contributed by atoms with E-state index in [9.17, 15) is 25.2 Å². The summed E-state index contributed by atoms with van der Waals surface area (Å²) in [5.41, 5.74) is 0. The third kappa shape index (κ3) is 25.1. The van der Waals surface area contributed by atoms with Gasteiger partial charge in [0, 0.05) is 0 Å². The molecule has 42 heavy (non-hydrogen) atoms. The van der Waals surface area contributed by atoms with Gasteiger partial charge in [-0.15, -0.1) is 0 Å². The van der Waals surface area contributed by atoms with Crippen molar-refractivity contribution in [3.8, 4) is 0 Å². The molecule has 0 bridgehead atoms. The van der Waals surface area contributed by atoms with E-state index in [1.807, 2.05) is 0 Å². The summed E-state index contributed by atoms with van der Waals surface area (Å²) < 4.78 is 0. The molecule has 4 atom stereocenters. The number of aliphatic hydroxyl groups excluding tert-OH is 4. The van der Waals surface area contributed by atoms with Crippen molar-refractivity contribution in [1.82, 2.24) is 5.32 Å². The number of carbonyl (C=O) groups excluding carboxylic acids is 1. The molecule has 0 aliphatic heterocycles. The molecule has 246 valence electrons. The van der Waals surface area contributed by atoms with E-state index >= 15 is 0 Å². The van der Waals surface area contributed by atoms with Crippen LogP contribution in [0.5, 0.6) is 0 Å². The number of hydrogen-bond acceptors (Lipinski definition) is 5. The molecule has 5 N–H and O–H groups in total. The lowest BCUT2D eigenvalue weighted by atomic mass is 10.00. The number of unbranched alkanes of at least 4 members (excludes halogenated alkanes) is 15. The van der Waals surface area contributed by atoms with Gasteiger partial charge in [-0.25, -0.2) is 0 Å². The first-order valence-corrected chi connectivity index (χ1v) is 17.4. The molecule has 0 aliphatic carbocycles. The first-order chi connectivity index (χ1) is 20.5. The largest absolute Gasteiger partial charge is 0.394 e. The molecule has 0 spiro atoms. The van der Waals surface area contributed by atoms with Crippen LogP contribution in [0.2, 0.25) is 0 Å². The Morgan fingerprint density at radius 3 is 1.48 bits per heavy atom. The quantitative estimate of drug-likeness (QED) is 0.0431. The van der Waals surface area contributed by atoms with Crippen molar-refractivity contribution in [2.24, 2.45) is 0 Å². The Bertz CT molecular complexity index is 678. The van der Waals surface area contributed by atoms with E-state index in [2.05, 4.69) is 55.6 Å². The van der Waals surface area contributed by atoms with Crippen molar-refractivity contribution in [1.29, 1.82) is 0 Å². The van der Waals surface area contributed by atoms with Crippen LogP contribution < -0.4 is 5.32 Å². The maximum Gasteiger partial charge on any atom is 0.249 e. The summed E-state index contributed by atoms with van der Waals surface area (Å²) in [7, 11) is 0. The van der Waals surface area contributed by atoms with Crippen molar-refractivity contribution in [3.63, 3.8) is 0 Å². The van der Waals surface area contributed by atoms with E-state index in [0.717, 1.165) is 51.4 Å². The molecule has 0 aromatic rings. The van der Waals surface area contributed by atoms with Gasteiger partial charge in [-0.1, -0.05) is 134 Å². The normalized spacial score (nSPS) is 15.1. The van der Waals surface area contributed by atoms with Gasteiger partial charge in [-0.05, 0) is 57.8 Å². The van der Waals surface area contributed by atoms with Gasteiger partial charge in [0.1, 0.15) is 12.2 Å². The van der Waals surface area contributed by atoms with Crippen LogP contribution in [0.15, 0.2) is 36.5 Å². The lowest BCUT2D eigenvalue weighted by Gasteiger charge is -2.27. The third-order valence-electron chi connectivity index (χ3n) is 7.81. The highest BCUT2D eigenvalue weighted by Gasteiger charge is 2.28. The fraction of sp³-hybridized carbons (Fsp3) is 0.806. The van der Waals surface area contributed by atoms with Crippen molar-refractivity contribution in [2.45, 2.75) is 179 Å². The Kier molecular flexibility index (Phi) is 29.9. The van der Waals surface area contributed by atoms with Crippen molar-refractivity contribution in [3.05, 3.63) is 36.5 Å². The second kappa shape index (κ2) is 31.0. The van der Waals surface area contributed by atoms with Gasteiger partial charge in [-0.3, -0.25) is 4.79 Å². The molecule has 0 heterocycles. The van der Waals surface area contributed by atoms with Crippen LogP contribution in [0, 0.1) is 0 Å². The summed E-state index contributed by atoms with van der Waals surface area (Å²) in [5, 5.41) is 43.3. The molecule has 0 saturated carbocycles. The highest BCUT2D eigenvalue weighted by Crippen LogP contribution is 2.14. The average molecular weight is 594 g/mol. The number of allylic oxidation sites excluding steroid dienone is 6. The Morgan fingerprint density at radius 2 is 1.00 bits per heavy atom. The summed E-state index contributed by atoms with van der Waals surface area (Å²) in [4.78, 5) is 12.4. The maximum absolute atomic E-state index is 12.4. The molecule has 0 aliphatic rings. The molecule has 6 heteroatoms. The van der Waals surface area contributed by atoms with Crippen LogP contribution in [0.3, 0.4) is 0 Å². The molecular weight excluding hydrogens is 526 g/mol. The summed E-state index contributed by atoms with van der Waals surface area (Å²) >= 11 is 0. The lowest BCUT2D eigenvalue weighted by molar-refractivity contribution is -0.132. The predicted molar refractivity (Wildman–Crippen MR) is 177 cm³/mol. The highest BCUT2D eigenvalue weighted by atomic mass is 16.3. The lowest BCUT2D eigenvalue weighted by Crippen LogP contribution is -2.53. The van der Waals surface area contributed by atoms with Gasteiger partial charge in [0.05, 0.1) is 18.8 Å². The average Bonchev–Trinajstić information content (AvgIpc) is 2.99. The van der Waals surface area contributed by atoms with Gasteiger partial charge in [0.2, 0.25) is 5.91 Å². The summed E-state index contributed by atoms with van der Waals surface area (Å²) in [6.45, 7) is 3.94. The monoisotopic (exact) mass is 594 g/mol. The second-order valence-corrected chi connectivity index (χ2v) is 11.8. The van der Waals surface area contributed by atoms with Crippen molar-refractivity contribution in [2.75, 3.05) is 6.61 Å². The van der Waals surface area contributed by atoms with Crippen LogP contribution in [0.25, 0.3) is 0 Å². The third-order valence-corrected chi connectivity index (χ3v) is 7.81. The molecule has 0 fully saturated rings. The van der Waals surface area contributed by atoms with E-state index in [0.29, 0.717) is 19.3 Å². The zero-order valence-corrected chi connectivity index (χ0v) is 27.2. The summed E-state index contributed by atoms with van der Waals surface area (Å²) in [5.74, 6) is -0.604. The Labute approximate surface area is 258 Å². The van der Waals surface area contributed by atoms with Crippen LogP contribution in [0.1, 0.15) is 155 Å². The molecule has 4 unspecified atom stereocenters. The number of nitrogens with one attached hydrogen (secondary N) is 1. The van der Waals surface area contributed by atoms with E-state index in [1.54, 1.807) is 0 Å². The highest BCUT2D eigenvalue weighted by molar-refractivity contribution is 5.80. The summed E-state index contributed by atoms with van der Waals surface area (Å²) in [6, 6.07) is -1.01. The van der Waals surface area contributed by atoms with E-state index in [-0.39, 0.29) is 0 Å². The molecular formula is C36H67NO5. The Balaban J connectivity index is 3.95. The molecule has 0 radical (unpaired) electrons. The Hall–Kier alpha value is -1.47. The van der Waals surface area contributed by atoms with E-state index in [4.69, 9.17) is 0 Å². The van der Waals surface area contributed by atoms with Gasteiger partial charge >= 0.3 is 0 Å². The van der Waals surface area contributed by atoms with Gasteiger partial charge in [0.15, 0.2) is 0 Å². The predicted octanol–water partition coefficient (Wildman–Crippen LogP) is 7.84. The number of amides is 1. The Morgan fingerprint density at radius 1 is 0.571 bits per heavy atom. The van der Waals surface area contributed by atoms with E-state index < -0.39 is 36.9 Å². The minimum absolute atomic E-state index is 0.359. The van der Waals surface area contributed by atoms with Crippen LogP contribution in [0.4, 0.5) is 0 Å². The zero-order valence-electron chi connectivity index (χ0n) is 27.2. The molecule has 0 aromatic carbocycles. The fourth-order valence-electron chi connectivity index (χ4n) is 4.95. The van der Waals surface area contributed by atoms with Crippen molar-refractivity contribution >= 4 is 5.91 Å². The number of aliphatic hydroxyl groups is 4. The van der Waals surface area contributed by atoms with Gasteiger partial charge in [-0.2, -0.15) is 0 Å². The van der Waals surface area contributed by atoms with Crippen LogP contribution in [-0.4, -0.2) is 57.3 Å². The topological polar surface area (TPSA) is 110 Å². The molecule has 1 amide bonds. The maximum atomic E-state index is 12.4. The first kappa shape index (κ1) is 40.5. The minimum Gasteiger partial charge on any atom is -0.394 e. The molecule has 6 nitrogen and oxygen atoms in total. The number of rotatable bonds is 30. The fourth-order valence-corrected chi connectivity index (χ4v) is 4.95. The standard InChI is InChI=1S/C36H67NO5/c1-3-5-7-9-11-13-15-16-17-18-20-21-23-25-27-29-33(39)35(41)32(31-38)37-36(42)34(40)30-28-26-24-22-19-14-12-10-8-6-4-2/h9,11,16-17,21,23,32-35,38-41H,3-8,10,12-15,18-20,22,24-31H2,1-2H3,(H,37,42)/b11-9+,17-16+,23-21+. The minimum atomic E-state index is -1.29. The smallest absolute Gasteiger partial charge is 0.249 e. The number of hydrogen-bond donors (Lipinski definition) is 5. The first-order valence-electron chi connectivity index (χ1n) is 17.4. The van der Waals surface area contributed by atoms with Crippen LogP contribution >= 0.6 is 0 Å².